The third-order valence-corrected chi connectivity index (χ3v) is 3.31. The van der Waals surface area contributed by atoms with Crippen molar-refractivity contribution in [1.29, 1.82) is 0 Å². The normalized spacial score (nSPS) is 11.6. The number of hydrogen-bond donors (Lipinski definition) is 1. The molecule has 144 valence electrons. The third kappa shape index (κ3) is 4.31. The number of nitrogens with zero attached hydrogens (tertiary/aromatic N) is 4. The van der Waals surface area contributed by atoms with Gasteiger partial charge in [0, 0.05) is 0 Å². The Morgan fingerprint density at radius 2 is 2.15 bits per heavy atom. The highest BCUT2D eigenvalue weighted by atomic mass is 35.5. The molecule has 1 heterocycles. The van der Waals surface area contributed by atoms with Crippen LogP contribution in [0.5, 0.6) is 0 Å². The molecule has 0 aliphatic carbocycles. The fraction of sp³-hybridized carbons (Fsp3) is 0.154. The molecule has 0 atom stereocenters. The highest BCUT2D eigenvalue weighted by Gasteiger charge is 2.33. The van der Waals surface area contributed by atoms with E-state index in [0.717, 1.165) is 7.11 Å². The number of rotatable bonds is 5. The van der Waals surface area contributed by atoms with E-state index in [0.29, 0.717) is 23.2 Å². The predicted molar refractivity (Wildman–Crippen MR) is 84.3 cm³/mol. The fourth-order valence-corrected chi connectivity index (χ4v) is 2.23. The van der Waals surface area contributed by atoms with Gasteiger partial charge in [0.15, 0.2) is 5.82 Å². The van der Waals surface area contributed by atoms with Crippen molar-refractivity contribution in [1.82, 2.24) is 9.78 Å². The van der Waals surface area contributed by atoms with E-state index < -0.39 is 50.6 Å². The van der Waals surface area contributed by atoms with Crippen LogP contribution in [0.3, 0.4) is 0 Å². The van der Waals surface area contributed by atoms with Gasteiger partial charge in [-0.2, -0.15) is 18.3 Å². The van der Waals surface area contributed by atoms with Crippen LogP contribution in [-0.4, -0.2) is 33.9 Å². The molecule has 2 rings (SSSR count). The number of nitro groups is 1. The molecule has 1 aromatic heterocycles. The summed E-state index contributed by atoms with van der Waals surface area (Å²) in [5.41, 5.74) is -2.85. The van der Waals surface area contributed by atoms with E-state index in [1.54, 1.807) is 0 Å². The van der Waals surface area contributed by atoms with Crippen LogP contribution in [0.2, 0.25) is 5.02 Å². The summed E-state index contributed by atoms with van der Waals surface area (Å²) >= 11 is 5.73. The van der Waals surface area contributed by atoms with Crippen LogP contribution in [0.15, 0.2) is 23.5 Å². The first-order valence-electron chi connectivity index (χ1n) is 6.72. The van der Waals surface area contributed by atoms with Crippen LogP contribution in [0.1, 0.15) is 5.56 Å². The first-order chi connectivity index (χ1) is 12.6. The molecule has 0 aliphatic heterocycles. The van der Waals surface area contributed by atoms with E-state index >= 15 is 0 Å². The van der Waals surface area contributed by atoms with Gasteiger partial charge in [0.05, 0.1) is 15.5 Å². The van der Waals surface area contributed by atoms with Crippen molar-refractivity contribution in [2.45, 2.75) is 6.18 Å². The summed E-state index contributed by atoms with van der Waals surface area (Å²) in [5, 5.41) is 19.0. The average Bonchev–Trinajstić information content (AvgIpc) is 2.95. The molecule has 0 saturated carbocycles. The van der Waals surface area contributed by atoms with E-state index in [4.69, 9.17) is 11.6 Å². The van der Waals surface area contributed by atoms with Crippen LogP contribution < -0.4 is 5.32 Å². The van der Waals surface area contributed by atoms with Crippen LogP contribution in [0.25, 0.3) is 5.69 Å². The Morgan fingerprint density at radius 3 is 2.67 bits per heavy atom. The number of anilines is 1. The number of hydrogen-bond acceptors (Lipinski definition) is 6. The smallest absolute Gasteiger partial charge is 0.399 e. The minimum absolute atomic E-state index is 0.146. The molecule has 0 saturated heterocycles. The van der Waals surface area contributed by atoms with Crippen molar-refractivity contribution in [2.24, 2.45) is 5.16 Å². The van der Waals surface area contributed by atoms with Crippen molar-refractivity contribution >= 4 is 35.2 Å². The summed E-state index contributed by atoms with van der Waals surface area (Å²) in [6.07, 6.45) is -3.59. The number of amides is 1. The standard InChI is InChI=1S/C13H8ClF4N5O4/c1-27-20-5-10(24)21-12-9(23(25)26)4-19-22(12)11-7(14)2-6(3-8(11)15)13(16,17)18/h2-5H,1H3,(H,21,24)/b20-5+. The molecule has 9 nitrogen and oxygen atoms in total. The Balaban J connectivity index is 2.61. The average molecular weight is 410 g/mol. The minimum Gasteiger partial charge on any atom is -0.399 e. The van der Waals surface area contributed by atoms with Crippen LogP contribution in [0, 0.1) is 15.9 Å². The molecule has 0 spiro atoms. The summed E-state index contributed by atoms with van der Waals surface area (Å²) in [5.74, 6) is -3.12. The van der Waals surface area contributed by atoms with E-state index in [1.165, 1.54) is 0 Å². The van der Waals surface area contributed by atoms with Crippen LogP contribution in [-0.2, 0) is 15.8 Å². The summed E-state index contributed by atoms with van der Waals surface area (Å²) in [4.78, 5) is 26.1. The molecule has 0 bridgehead atoms. The fourth-order valence-electron chi connectivity index (χ4n) is 1.94. The molecular weight excluding hydrogens is 402 g/mol. The van der Waals surface area contributed by atoms with Crippen molar-refractivity contribution in [3.63, 3.8) is 0 Å². The van der Waals surface area contributed by atoms with E-state index in [1.807, 2.05) is 5.32 Å². The first-order valence-corrected chi connectivity index (χ1v) is 7.10. The number of aromatic nitrogens is 2. The van der Waals surface area contributed by atoms with Crippen molar-refractivity contribution in [2.75, 3.05) is 12.4 Å². The predicted octanol–water partition coefficient (Wildman–Crippen LogP) is 3.16. The molecule has 0 radical (unpaired) electrons. The summed E-state index contributed by atoms with van der Waals surface area (Å²) in [7, 11) is 1.13. The number of benzene rings is 1. The maximum absolute atomic E-state index is 14.3. The lowest BCUT2D eigenvalue weighted by molar-refractivity contribution is -0.384. The highest BCUT2D eigenvalue weighted by molar-refractivity contribution is 6.33. The monoisotopic (exact) mass is 409 g/mol. The summed E-state index contributed by atoms with van der Waals surface area (Å²) < 4.78 is 53.0. The SMILES string of the molecule is CO/N=C/C(=O)Nc1c([N+](=O)[O-])cnn1-c1c(F)cc(C(F)(F)F)cc1Cl. The molecule has 0 unspecified atom stereocenters. The second kappa shape index (κ2) is 7.57. The van der Waals surface area contributed by atoms with Gasteiger partial charge < -0.3 is 4.84 Å². The van der Waals surface area contributed by atoms with E-state index in [2.05, 4.69) is 15.1 Å². The Morgan fingerprint density at radius 1 is 1.48 bits per heavy atom. The van der Waals surface area contributed by atoms with Gasteiger partial charge >= 0.3 is 11.9 Å². The van der Waals surface area contributed by atoms with E-state index in [-0.39, 0.29) is 6.07 Å². The topological polar surface area (TPSA) is 112 Å². The minimum atomic E-state index is -4.87. The summed E-state index contributed by atoms with van der Waals surface area (Å²) in [6.45, 7) is 0. The van der Waals surface area contributed by atoms with Gasteiger partial charge in [-0.25, -0.2) is 9.07 Å². The van der Waals surface area contributed by atoms with Crippen molar-refractivity contribution in [3.05, 3.63) is 44.8 Å². The van der Waals surface area contributed by atoms with Gasteiger partial charge in [-0.05, 0) is 12.1 Å². The van der Waals surface area contributed by atoms with Gasteiger partial charge in [-0.15, -0.1) is 0 Å². The summed E-state index contributed by atoms with van der Waals surface area (Å²) in [6, 6.07) is 0.568. The molecule has 0 fully saturated rings. The quantitative estimate of drug-likeness (QED) is 0.353. The number of nitrogens with one attached hydrogen (secondary N) is 1. The molecule has 1 aromatic carbocycles. The number of carbonyl (C=O) groups excluding carboxylic acids is 1. The highest BCUT2D eigenvalue weighted by Crippen LogP contribution is 2.37. The Bertz CT molecular complexity index is 905. The van der Waals surface area contributed by atoms with Gasteiger partial charge in [0.25, 0.3) is 5.91 Å². The second-order valence-electron chi connectivity index (χ2n) is 4.74. The van der Waals surface area contributed by atoms with Crippen LogP contribution >= 0.6 is 11.6 Å². The molecule has 0 aliphatic rings. The first kappa shape index (κ1) is 20.1. The lowest BCUT2D eigenvalue weighted by atomic mass is 10.2. The molecule has 1 N–H and O–H groups in total. The maximum Gasteiger partial charge on any atom is 0.416 e. The van der Waals surface area contributed by atoms with Gasteiger partial charge in [0.2, 0.25) is 5.82 Å². The lowest BCUT2D eigenvalue weighted by Crippen LogP contribution is -2.18. The lowest BCUT2D eigenvalue weighted by Gasteiger charge is -2.13. The number of carbonyl (C=O) groups is 1. The van der Waals surface area contributed by atoms with Crippen LogP contribution in [0.4, 0.5) is 29.1 Å². The number of alkyl halides is 3. The second-order valence-corrected chi connectivity index (χ2v) is 5.15. The van der Waals surface area contributed by atoms with Crippen molar-refractivity contribution in [3.8, 4) is 5.69 Å². The molecule has 2 aromatic rings. The van der Waals surface area contributed by atoms with E-state index in [9.17, 15) is 32.5 Å². The zero-order valence-electron chi connectivity index (χ0n) is 13.1. The molecule has 14 heteroatoms. The number of oxime groups is 1. The Kier molecular flexibility index (Phi) is 5.64. The molecule has 27 heavy (non-hydrogen) atoms. The zero-order valence-corrected chi connectivity index (χ0v) is 13.9. The van der Waals surface area contributed by atoms with Gasteiger partial charge in [-0.1, -0.05) is 16.8 Å². The van der Waals surface area contributed by atoms with Crippen molar-refractivity contribution < 1.29 is 32.1 Å². The Hall–Kier alpha value is -3.22. The Labute approximate surface area is 152 Å². The third-order valence-electron chi connectivity index (χ3n) is 3.02. The maximum atomic E-state index is 14.3. The molecule has 1 amide bonds. The van der Waals surface area contributed by atoms with Gasteiger partial charge in [-0.3, -0.25) is 20.2 Å². The van der Waals surface area contributed by atoms with Gasteiger partial charge in [0.1, 0.15) is 25.2 Å². The number of halogens is 5. The zero-order chi connectivity index (χ0) is 20.4. The molecular formula is C13H8ClF4N5O4. The largest absolute Gasteiger partial charge is 0.416 e.